The molecule has 0 saturated carbocycles. The van der Waals surface area contributed by atoms with E-state index in [1.807, 2.05) is 42.5 Å². The minimum Gasteiger partial charge on any atom is -0.493 e. The van der Waals surface area contributed by atoms with Gasteiger partial charge < -0.3 is 10.1 Å². The summed E-state index contributed by atoms with van der Waals surface area (Å²) in [5.41, 5.74) is 1.86. The lowest BCUT2D eigenvalue weighted by molar-refractivity contribution is 0.0952. The van der Waals surface area contributed by atoms with E-state index in [0.29, 0.717) is 12.1 Å². The number of carbonyl (C=O) groups is 1. The maximum atomic E-state index is 12.1. The average Bonchev–Trinajstić information content (AvgIpc) is 2.58. The molecule has 0 unspecified atom stereocenters. The van der Waals surface area contributed by atoms with E-state index in [1.165, 1.54) is 5.56 Å². The molecule has 3 nitrogen and oxygen atoms in total. The number of ether oxygens (including phenoxy) is 1. The second-order valence-corrected chi connectivity index (χ2v) is 6.15. The topological polar surface area (TPSA) is 38.3 Å². The van der Waals surface area contributed by atoms with Crippen LogP contribution in [-0.2, 0) is 6.42 Å². The lowest BCUT2D eigenvalue weighted by atomic mass is 10.1. The number of carbonyl (C=O) groups excluding carboxylic acids is 1. The summed E-state index contributed by atoms with van der Waals surface area (Å²) in [5.74, 6) is 0.902. The summed E-state index contributed by atoms with van der Waals surface area (Å²) in [6, 6.07) is 15.5. The lowest BCUT2D eigenvalue weighted by Gasteiger charge is -2.11. The van der Waals surface area contributed by atoms with Crippen LogP contribution in [0, 0.1) is 0 Å². The van der Waals surface area contributed by atoms with Gasteiger partial charge in [-0.3, -0.25) is 4.79 Å². The van der Waals surface area contributed by atoms with Crippen molar-refractivity contribution in [1.82, 2.24) is 5.32 Å². The third-order valence-corrected chi connectivity index (χ3v) is 4.15. The number of hydrogen-bond donors (Lipinski definition) is 1. The molecule has 1 amide bonds. The van der Waals surface area contributed by atoms with Gasteiger partial charge in [-0.1, -0.05) is 37.3 Å². The van der Waals surface area contributed by atoms with Crippen molar-refractivity contribution >= 4 is 21.8 Å². The molecule has 0 spiro atoms. The van der Waals surface area contributed by atoms with Crippen LogP contribution in [0.15, 0.2) is 53.0 Å². The first-order chi connectivity index (χ1) is 11.2. The molecule has 2 aromatic rings. The van der Waals surface area contributed by atoms with Crippen molar-refractivity contribution in [2.24, 2.45) is 0 Å². The zero-order chi connectivity index (χ0) is 16.5. The number of nitrogens with one attached hydrogen (secondary N) is 1. The Labute approximate surface area is 146 Å². The van der Waals surface area contributed by atoms with Crippen LogP contribution in [0.25, 0.3) is 0 Å². The molecule has 0 aliphatic heterocycles. The van der Waals surface area contributed by atoms with Crippen molar-refractivity contribution < 1.29 is 9.53 Å². The van der Waals surface area contributed by atoms with Crippen LogP contribution in [0.4, 0.5) is 0 Å². The van der Waals surface area contributed by atoms with E-state index in [9.17, 15) is 4.79 Å². The maximum Gasteiger partial charge on any atom is 0.252 e. The maximum absolute atomic E-state index is 12.1. The number of rotatable bonds is 8. The molecular formula is C19H22BrNO2. The van der Waals surface area contributed by atoms with E-state index >= 15 is 0 Å². The number of para-hydroxylation sites is 1. The molecule has 0 atom stereocenters. The smallest absolute Gasteiger partial charge is 0.252 e. The molecule has 122 valence electrons. The summed E-state index contributed by atoms with van der Waals surface area (Å²) < 4.78 is 6.57. The first-order valence-corrected chi connectivity index (χ1v) is 8.75. The van der Waals surface area contributed by atoms with Crippen molar-refractivity contribution in [1.29, 1.82) is 0 Å². The number of halogens is 1. The quantitative estimate of drug-likeness (QED) is 0.684. The van der Waals surface area contributed by atoms with Crippen molar-refractivity contribution in [2.45, 2.75) is 26.2 Å². The Hall–Kier alpha value is -1.81. The van der Waals surface area contributed by atoms with Crippen molar-refractivity contribution in [3.05, 3.63) is 64.1 Å². The van der Waals surface area contributed by atoms with E-state index in [4.69, 9.17) is 4.74 Å². The Kier molecular flexibility index (Phi) is 7.14. The number of amides is 1. The SMILES string of the molecule is CCCOc1ccccc1CCCNC(=O)c1ccccc1Br. The highest BCUT2D eigenvalue weighted by atomic mass is 79.9. The number of aryl methyl sites for hydroxylation is 1. The Morgan fingerprint density at radius 1 is 1.13 bits per heavy atom. The Balaban J connectivity index is 1.82. The summed E-state index contributed by atoms with van der Waals surface area (Å²) in [6.45, 7) is 3.47. The van der Waals surface area contributed by atoms with Crippen LogP contribution in [0.5, 0.6) is 5.75 Å². The fourth-order valence-electron chi connectivity index (χ4n) is 2.28. The summed E-state index contributed by atoms with van der Waals surface area (Å²) >= 11 is 3.40. The van der Waals surface area contributed by atoms with Crippen molar-refractivity contribution in [3.8, 4) is 5.75 Å². The highest BCUT2D eigenvalue weighted by molar-refractivity contribution is 9.10. The predicted molar refractivity (Wildman–Crippen MR) is 97.0 cm³/mol. The molecule has 0 bridgehead atoms. The van der Waals surface area contributed by atoms with Crippen LogP contribution >= 0.6 is 15.9 Å². The molecule has 0 aliphatic rings. The second-order valence-electron chi connectivity index (χ2n) is 5.30. The minimum atomic E-state index is -0.0482. The average molecular weight is 376 g/mol. The summed E-state index contributed by atoms with van der Waals surface area (Å²) in [4.78, 5) is 12.1. The zero-order valence-corrected chi connectivity index (χ0v) is 14.9. The fraction of sp³-hybridized carbons (Fsp3) is 0.316. The van der Waals surface area contributed by atoms with Crippen LogP contribution in [0.3, 0.4) is 0 Å². The Morgan fingerprint density at radius 3 is 2.65 bits per heavy atom. The summed E-state index contributed by atoms with van der Waals surface area (Å²) in [6.07, 6.45) is 2.76. The third kappa shape index (κ3) is 5.39. The van der Waals surface area contributed by atoms with E-state index in [0.717, 1.165) is 36.1 Å². The van der Waals surface area contributed by atoms with Crippen LogP contribution in [-0.4, -0.2) is 19.1 Å². The van der Waals surface area contributed by atoms with Gasteiger partial charge >= 0.3 is 0 Å². The predicted octanol–water partition coefficient (Wildman–Crippen LogP) is 4.60. The first kappa shape index (κ1) is 17.5. The Bertz CT molecular complexity index is 643. The van der Waals surface area contributed by atoms with Gasteiger partial charge in [0.15, 0.2) is 0 Å². The molecule has 4 heteroatoms. The van der Waals surface area contributed by atoms with E-state index in [1.54, 1.807) is 0 Å². The fourth-order valence-corrected chi connectivity index (χ4v) is 2.75. The van der Waals surface area contributed by atoms with Gasteiger partial charge in [-0.15, -0.1) is 0 Å². The second kappa shape index (κ2) is 9.36. The molecule has 0 aliphatic carbocycles. The van der Waals surface area contributed by atoms with E-state index in [-0.39, 0.29) is 5.91 Å². The number of benzene rings is 2. The van der Waals surface area contributed by atoms with Crippen LogP contribution in [0.2, 0.25) is 0 Å². The highest BCUT2D eigenvalue weighted by Crippen LogP contribution is 2.20. The monoisotopic (exact) mass is 375 g/mol. The Morgan fingerprint density at radius 2 is 1.87 bits per heavy atom. The molecule has 0 heterocycles. The third-order valence-electron chi connectivity index (χ3n) is 3.46. The standard InChI is InChI=1S/C19H22BrNO2/c1-2-14-23-18-12-6-3-8-15(18)9-7-13-21-19(22)16-10-4-5-11-17(16)20/h3-6,8,10-12H,2,7,9,13-14H2,1H3,(H,21,22). The van der Waals surface area contributed by atoms with Gasteiger partial charge in [0.2, 0.25) is 0 Å². The zero-order valence-electron chi connectivity index (χ0n) is 13.3. The van der Waals surface area contributed by atoms with Gasteiger partial charge in [0.25, 0.3) is 5.91 Å². The molecule has 0 radical (unpaired) electrons. The van der Waals surface area contributed by atoms with Crippen molar-refractivity contribution in [2.75, 3.05) is 13.2 Å². The van der Waals surface area contributed by atoms with Gasteiger partial charge in [0, 0.05) is 11.0 Å². The molecule has 23 heavy (non-hydrogen) atoms. The summed E-state index contributed by atoms with van der Waals surface area (Å²) in [7, 11) is 0. The van der Waals surface area contributed by atoms with Gasteiger partial charge in [-0.2, -0.15) is 0 Å². The summed E-state index contributed by atoms with van der Waals surface area (Å²) in [5, 5.41) is 2.96. The number of hydrogen-bond acceptors (Lipinski definition) is 2. The molecule has 0 aromatic heterocycles. The van der Waals surface area contributed by atoms with E-state index < -0.39 is 0 Å². The molecule has 2 rings (SSSR count). The minimum absolute atomic E-state index is 0.0482. The molecule has 0 saturated heterocycles. The molecule has 2 aromatic carbocycles. The van der Waals surface area contributed by atoms with Gasteiger partial charge in [-0.05, 0) is 59.0 Å². The molecule has 1 N–H and O–H groups in total. The first-order valence-electron chi connectivity index (χ1n) is 7.95. The molecular weight excluding hydrogens is 354 g/mol. The van der Waals surface area contributed by atoms with Gasteiger partial charge in [-0.25, -0.2) is 0 Å². The normalized spacial score (nSPS) is 10.3. The van der Waals surface area contributed by atoms with Crippen LogP contribution in [0.1, 0.15) is 35.7 Å². The van der Waals surface area contributed by atoms with Crippen molar-refractivity contribution in [3.63, 3.8) is 0 Å². The van der Waals surface area contributed by atoms with Crippen LogP contribution < -0.4 is 10.1 Å². The highest BCUT2D eigenvalue weighted by Gasteiger charge is 2.08. The lowest BCUT2D eigenvalue weighted by Crippen LogP contribution is -2.25. The van der Waals surface area contributed by atoms with E-state index in [2.05, 4.69) is 34.2 Å². The molecule has 0 fully saturated rings. The largest absolute Gasteiger partial charge is 0.493 e. The van der Waals surface area contributed by atoms with Gasteiger partial charge in [0.1, 0.15) is 5.75 Å². The van der Waals surface area contributed by atoms with Gasteiger partial charge in [0.05, 0.1) is 12.2 Å².